The number of para-hydroxylation sites is 1. The van der Waals surface area contributed by atoms with Gasteiger partial charge in [-0.25, -0.2) is 9.67 Å². The molecule has 3 N–H and O–H groups in total. The molecule has 1 amide bonds. The van der Waals surface area contributed by atoms with E-state index in [1.54, 1.807) is 33.8 Å². The Morgan fingerprint density at radius 2 is 1.73 bits per heavy atom. The Balaban J connectivity index is 1.13. The monoisotopic (exact) mass is 544 g/mol. The van der Waals surface area contributed by atoms with Gasteiger partial charge in [0.2, 0.25) is 0 Å². The van der Waals surface area contributed by atoms with Crippen LogP contribution in [-0.4, -0.2) is 53.9 Å². The number of aromatic nitrogens is 4. The number of likely N-dealkylation sites (tertiary alicyclic amines) is 1. The summed E-state index contributed by atoms with van der Waals surface area (Å²) in [5.41, 5.74) is 9.67. The van der Waals surface area contributed by atoms with Crippen LogP contribution < -0.4 is 11.3 Å². The first-order valence-corrected chi connectivity index (χ1v) is 13.3. The van der Waals surface area contributed by atoms with Gasteiger partial charge in [0.05, 0.1) is 24.0 Å². The molecule has 0 aliphatic carbocycles. The van der Waals surface area contributed by atoms with Gasteiger partial charge in [0, 0.05) is 35.5 Å². The Morgan fingerprint density at radius 1 is 1.02 bits per heavy atom. The maximum atomic E-state index is 13.3. The Morgan fingerprint density at radius 3 is 2.41 bits per heavy atom. The molecule has 3 aromatic carbocycles. The number of carbonyl (C=O) groups excluding carboxylic acids is 1. The number of hydrogen-bond acceptors (Lipinski definition) is 6. The van der Waals surface area contributed by atoms with Gasteiger partial charge in [-0.05, 0) is 60.9 Å². The Labute approximate surface area is 236 Å². The third-order valence-corrected chi connectivity index (χ3v) is 7.68. The molecule has 1 aliphatic heterocycles. The van der Waals surface area contributed by atoms with Gasteiger partial charge < -0.3 is 15.7 Å². The summed E-state index contributed by atoms with van der Waals surface area (Å²) in [4.78, 5) is 32.6. The van der Waals surface area contributed by atoms with Crippen molar-refractivity contribution < 1.29 is 9.90 Å². The first-order chi connectivity index (χ1) is 19.8. The summed E-state index contributed by atoms with van der Waals surface area (Å²) in [7, 11) is 0. The molecule has 6 rings (SSSR count). The zero-order chi connectivity index (χ0) is 28.6. The molecule has 41 heavy (non-hydrogen) atoms. The molecule has 9 heteroatoms. The summed E-state index contributed by atoms with van der Waals surface area (Å²) in [6, 6.07) is 22.2. The van der Waals surface area contributed by atoms with E-state index in [4.69, 9.17) is 12.2 Å². The third kappa shape index (κ3) is 4.97. The van der Waals surface area contributed by atoms with E-state index < -0.39 is 5.60 Å². The van der Waals surface area contributed by atoms with Crippen molar-refractivity contribution in [1.82, 2.24) is 24.2 Å². The maximum absolute atomic E-state index is 13.3. The summed E-state index contributed by atoms with van der Waals surface area (Å²) in [6.07, 6.45) is 9.03. The molecule has 204 valence electrons. The van der Waals surface area contributed by atoms with Gasteiger partial charge in [0.15, 0.2) is 5.65 Å². The minimum absolute atomic E-state index is 0.0754. The molecule has 0 atom stereocenters. The van der Waals surface area contributed by atoms with Crippen molar-refractivity contribution in [1.29, 1.82) is 0 Å². The molecule has 0 radical (unpaired) electrons. The van der Waals surface area contributed by atoms with Crippen molar-refractivity contribution in [2.24, 2.45) is 0 Å². The summed E-state index contributed by atoms with van der Waals surface area (Å²) in [6.45, 7) is 0.823. The van der Waals surface area contributed by atoms with Gasteiger partial charge in [-0.3, -0.25) is 14.2 Å². The zero-order valence-electron chi connectivity index (χ0n) is 22.3. The van der Waals surface area contributed by atoms with Crippen LogP contribution in [0.15, 0.2) is 90.1 Å². The minimum Gasteiger partial charge on any atom is -0.398 e. The summed E-state index contributed by atoms with van der Waals surface area (Å²) >= 11 is 0. The summed E-state index contributed by atoms with van der Waals surface area (Å²) in [5.74, 6) is 2.48. The van der Waals surface area contributed by atoms with Gasteiger partial charge in [-0.2, -0.15) is 5.10 Å². The third-order valence-electron chi connectivity index (χ3n) is 7.68. The lowest BCUT2D eigenvalue weighted by Gasteiger charge is -2.38. The highest BCUT2D eigenvalue weighted by Crippen LogP contribution is 2.28. The van der Waals surface area contributed by atoms with Crippen LogP contribution in [-0.2, 0) is 6.54 Å². The topological polar surface area (TPSA) is 119 Å². The van der Waals surface area contributed by atoms with Crippen LogP contribution in [0.1, 0.15) is 28.8 Å². The smallest absolute Gasteiger partial charge is 0.264 e. The van der Waals surface area contributed by atoms with Crippen LogP contribution in [0.25, 0.3) is 27.8 Å². The number of fused-ring (bicyclic) bond motifs is 1. The van der Waals surface area contributed by atoms with E-state index >= 15 is 0 Å². The van der Waals surface area contributed by atoms with E-state index in [-0.39, 0.29) is 18.0 Å². The fourth-order valence-electron chi connectivity index (χ4n) is 5.29. The van der Waals surface area contributed by atoms with Crippen LogP contribution in [0.2, 0.25) is 0 Å². The fourth-order valence-corrected chi connectivity index (χ4v) is 5.29. The number of aliphatic hydroxyl groups is 1. The summed E-state index contributed by atoms with van der Waals surface area (Å²) in [5, 5.41) is 16.0. The first kappa shape index (κ1) is 26.0. The van der Waals surface area contributed by atoms with Crippen molar-refractivity contribution in [3.05, 3.63) is 107 Å². The molecule has 1 fully saturated rings. The average Bonchev–Trinajstić information content (AvgIpc) is 3.44. The minimum atomic E-state index is -1.15. The SMILES string of the molecule is C#Cc1ccc(-n2ncc3c(=O)n(CC4(O)CCN(C(=O)c5ccc(-c6ccccc6N)cc5)CC4)cnc32)cc1. The van der Waals surface area contributed by atoms with E-state index in [9.17, 15) is 14.7 Å². The predicted octanol–water partition coefficient (Wildman–Crippen LogP) is 3.48. The van der Waals surface area contributed by atoms with Gasteiger partial charge in [0.1, 0.15) is 11.7 Å². The fraction of sp³-hybridized carbons (Fsp3) is 0.188. The lowest BCUT2D eigenvalue weighted by atomic mass is 9.90. The number of nitrogen functional groups attached to an aromatic ring is 1. The second-order valence-corrected chi connectivity index (χ2v) is 10.3. The second-order valence-electron chi connectivity index (χ2n) is 10.3. The van der Waals surface area contributed by atoms with Crippen molar-refractivity contribution in [2.75, 3.05) is 18.8 Å². The molecule has 0 unspecified atom stereocenters. The number of rotatable bonds is 5. The first-order valence-electron chi connectivity index (χ1n) is 13.3. The Kier molecular flexibility index (Phi) is 6.61. The molecule has 5 aromatic rings. The van der Waals surface area contributed by atoms with Gasteiger partial charge in [0.25, 0.3) is 11.5 Å². The van der Waals surface area contributed by atoms with E-state index in [0.29, 0.717) is 48.2 Å². The van der Waals surface area contributed by atoms with Crippen LogP contribution in [0.3, 0.4) is 0 Å². The molecular formula is C32H28N6O3. The molecule has 0 spiro atoms. The van der Waals surface area contributed by atoms with Crippen molar-refractivity contribution in [2.45, 2.75) is 25.0 Å². The normalized spacial score (nSPS) is 14.6. The van der Waals surface area contributed by atoms with Gasteiger partial charge in [-0.15, -0.1) is 6.42 Å². The Hall–Kier alpha value is -5.20. The lowest BCUT2D eigenvalue weighted by Crippen LogP contribution is -2.49. The highest BCUT2D eigenvalue weighted by molar-refractivity contribution is 5.95. The van der Waals surface area contributed by atoms with E-state index in [2.05, 4.69) is 16.0 Å². The van der Waals surface area contributed by atoms with E-state index in [1.165, 1.54) is 17.1 Å². The highest BCUT2D eigenvalue weighted by Gasteiger charge is 2.35. The van der Waals surface area contributed by atoms with Crippen LogP contribution in [0, 0.1) is 12.3 Å². The average molecular weight is 545 g/mol. The quantitative estimate of drug-likeness (QED) is 0.258. The van der Waals surface area contributed by atoms with Gasteiger partial charge in [-0.1, -0.05) is 36.3 Å². The molecule has 3 heterocycles. The van der Waals surface area contributed by atoms with Crippen LogP contribution in [0.5, 0.6) is 0 Å². The number of terminal acetylenes is 1. The van der Waals surface area contributed by atoms with Crippen molar-refractivity contribution in [3.63, 3.8) is 0 Å². The molecular weight excluding hydrogens is 516 g/mol. The largest absolute Gasteiger partial charge is 0.398 e. The highest BCUT2D eigenvalue weighted by atomic mass is 16.3. The summed E-state index contributed by atoms with van der Waals surface area (Å²) < 4.78 is 3.00. The molecule has 9 nitrogen and oxygen atoms in total. The molecule has 1 saturated heterocycles. The number of carbonyl (C=O) groups is 1. The molecule has 0 saturated carbocycles. The molecule has 2 aromatic heterocycles. The number of benzene rings is 3. The number of anilines is 1. The van der Waals surface area contributed by atoms with E-state index in [1.807, 2.05) is 48.5 Å². The number of hydrogen-bond donors (Lipinski definition) is 2. The van der Waals surface area contributed by atoms with Crippen molar-refractivity contribution >= 4 is 22.6 Å². The number of amides is 1. The zero-order valence-corrected chi connectivity index (χ0v) is 22.3. The van der Waals surface area contributed by atoms with Crippen molar-refractivity contribution in [3.8, 4) is 29.2 Å². The number of piperidine rings is 1. The standard InChI is InChI=1S/C32H28N6O3/c1-2-22-7-13-25(14-8-22)38-29-27(19-35-38)31(40)37(21-34-29)20-32(41)15-17-36(18-16-32)30(39)24-11-9-23(10-12-24)26-5-3-4-6-28(26)33/h1,3-14,19,21,41H,15-18,20,33H2. The lowest BCUT2D eigenvalue weighted by molar-refractivity contribution is -0.0299. The van der Waals surface area contributed by atoms with E-state index in [0.717, 1.165) is 22.4 Å². The van der Waals surface area contributed by atoms with Crippen LogP contribution >= 0.6 is 0 Å². The molecule has 0 bridgehead atoms. The number of nitrogens with two attached hydrogens (primary N) is 1. The number of nitrogens with zero attached hydrogens (tertiary/aromatic N) is 5. The van der Waals surface area contributed by atoms with Crippen LogP contribution in [0.4, 0.5) is 5.69 Å². The Bertz CT molecular complexity index is 1840. The second kappa shape index (κ2) is 10.4. The predicted molar refractivity (Wildman–Crippen MR) is 157 cm³/mol. The maximum Gasteiger partial charge on any atom is 0.264 e. The van der Waals surface area contributed by atoms with Gasteiger partial charge >= 0.3 is 0 Å². The molecule has 1 aliphatic rings.